The minimum atomic E-state index is -0.200. The molecule has 0 bridgehead atoms. The standard InChI is InChI=1S/C12H12N4O2/c1-10(17)14-16-8-13-15(9-16)7-12(18)11-5-3-2-4-6-11/h2-6,8-9H,7H2,1H3/p+1. The Morgan fingerprint density at radius 1 is 1.33 bits per heavy atom. The Morgan fingerprint density at radius 3 is 2.72 bits per heavy atom. The molecule has 6 heteroatoms. The minimum absolute atomic E-state index is 0.0336. The summed E-state index contributed by atoms with van der Waals surface area (Å²) in [6.07, 6.45) is 2.97. The van der Waals surface area contributed by atoms with Crippen molar-refractivity contribution in [3.8, 4) is 0 Å². The molecular weight excluding hydrogens is 232 g/mol. The summed E-state index contributed by atoms with van der Waals surface area (Å²) < 4.78 is 2.87. The third-order valence-corrected chi connectivity index (χ3v) is 2.27. The molecule has 0 aliphatic rings. The van der Waals surface area contributed by atoms with Gasteiger partial charge < -0.3 is 0 Å². The number of carbonyl (C=O) groups excluding carboxylic acids is 2. The molecular formula is C12H13N4O2+. The first kappa shape index (κ1) is 12.0. The first-order valence-corrected chi connectivity index (χ1v) is 5.45. The van der Waals surface area contributed by atoms with Crippen molar-refractivity contribution in [2.24, 2.45) is 0 Å². The predicted octanol–water partition coefficient (Wildman–Crippen LogP) is 0.143. The van der Waals surface area contributed by atoms with Crippen LogP contribution in [-0.2, 0) is 11.3 Å². The lowest BCUT2D eigenvalue weighted by Crippen LogP contribution is -2.45. The summed E-state index contributed by atoms with van der Waals surface area (Å²) in [7, 11) is 0. The highest BCUT2D eigenvalue weighted by Crippen LogP contribution is 2.00. The van der Waals surface area contributed by atoms with E-state index < -0.39 is 0 Å². The van der Waals surface area contributed by atoms with Crippen LogP contribution >= 0.6 is 0 Å². The van der Waals surface area contributed by atoms with Gasteiger partial charge >= 0.3 is 0 Å². The monoisotopic (exact) mass is 245 g/mol. The van der Waals surface area contributed by atoms with Crippen LogP contribution in [0.25, 0.3) is 0 Å². The van der Waals surface area contributed by atoms with Crippen LogP contribution in [0, 0.1) is 0 Å². The van der Waals surface area contributed by atoms with Crippen LogP contribution < -0.4 is 10.1 Å². The van der Waals surface area contributed by atoms with E-state index in [4.69, 9.17) is 0 Å². The lowest BCUT2D eigenvalue weighted by atomic mass is 10.1. The molecule has 0 unspecified atom stereocenters. The van der Waals surface area contributed by atoms with Crippen LogP contribution in [0.5, 0.6) is 0 Å². The molecule has 0 aliphatic carbocycles. The largest absolute Gasteiger partial charge is 0.290 e. The number of ketones is 1. The highest BCUT2D eigenvalue weighted by Gasteiger charge is 2.13. The zero-order chi connectivity index (χ0) is 13.0. The van der Waals surface area contributed by atoms with Crippen molar-refractivity contribution in [3.05, 3.63) is 48.5 Å². The van der Waals surface area contributed by atoms with Crippen molar-refractivity contribution >= 4 is 11.7 Å². The molecule has 0 radical (unpaired) electrons. The van der Waals surface area contributed by atoms with Crippen molar-refractivity contribution in [2.45, 2.75) is 13.5 Å². The topological polar surface area (TPSA) is 67.9 Å². The average molecular weight is 245 g/mol. The number of rotatable bonds is 4. The molecule has 6 nitrogen and oxygen atoms in total. The summed E-state index contributed by atoms with van der Waals surface area (Å²) in [4.78, 5) is 22.7. The molecule has 1 aromatic heterocycles. The molecule has 2 aromatic rings. The fourth-order valence-corrected chi connectivity index (χ4v) is 1.51. The van der Waals surface area contributed by atoms with E-state index in [0.29, 0.717) is 5.56 Å². The number of aromatic nitrogens is 3. The molecule has 1 heterocycles. The molecule has 92 valence electrons. The van der Waals surface area contributed by atoms with Gasteiger partial charge in [-0.3, -0.25) is 9.59 Å². The van der Waals surface area contributed by atoms with Gasteiger partial charge in [-0.05, 0) is 0 Å². The number of carbonyl (C=O) groups is 2. The van der Waals surface area contributed by atoms with Gasteiger partial charge in [0.1, 0.15) is 0 Å². The van der Waals surface area contributed by atoms with E-state index in [2.05, 4.69) is 10.5 Å². The number of hydrogen-bond acceptors (Lipinski definition) is 3. The minimum Gasteiger partial charge on any atom is -0.290 e. The van der Waals surface area contributed by atoms with Gasteiger partial charge in [0.05, 0.1) is 0 Å². The van der Waals surface area contributed by atoms with E-state index >= 15 is 0 Å². The zero-order valence-corrected chi connectivity index (χ0v) is 9.91. The molecule has 0 aliphatic heterocycles. The van der Waals surface area contributed by atoms with Crippen molar-refractivity contribution in [1.29, 1.82) is 0 Å². The van der Waals surface area contributed by atoms with Crippen LogP contribution in [0.4, 0.5) is 0 Å². The van der Waals surface area contributed by atoms with Crippen LogP contribution in [0.1, 0.15) is 17.3 Å². The van der Waals surface area contributed by atoms with Gasteiger partial charge in [-0.1, -0.05) is 30.3 Å². The van der Waals surface area contributed by atoms with E-state index in [0.717, 1.165) is 0 Å². The van der Waals surface area contributed by atoms with Gasteiger partial charge in [-0.2, -0.15) is 0 Å². The SMILES string of the molecule is CC(=O)N[n+]1cnn(CC(=O)c2ccccc2)c1. The van der Waals surface area contributed by atoms with Crippen molar-refractivity contribution in [3.63, 3.8) is 0 Å². The summed E-state index contributed by atoms with van der Waals surface area (Å²) in [6, 6.07) is 9.00. The number of amides is 1. The smallest absolute Gasteiger partial charge is 0.287 e. The van der Waals surface area contributed by atoms with Gasteiger partial charge in [0.15, 0.2) is 12.3 Å². The number of Topliss-reactive ketones (excluding diaryl/α,β-unsaturated/α-hetero) is 1. The summed E-state index contributed by atoms with van der Waals surface area (Å²) in [5, 5.41) is 3.98. The third kappa shape index (κ3) is 3.00. The van der Waals surface area contributed by atoms with Crippen molar-refractivity contribution < 1.29 is 14.3 Å². The van der Waals surface area contributed by atoms with E-state index in [-0.39, 0.29) is 18.2 Å². The van der Waals surface area contributed by atoms with Crippen LogP contribution in [-0.4, -0.2) is 21.5 Å². The van der Waals surface area contributed by atoms with Gasteiger partial charge in [-0.15, -0.1) is 9.36 Å². The maximum atomic E-state index is 11.9. The Morgan fingerprint density at radius 2 is 2.06 bits per heavy atom. The molecule has 2 rings (SSSR count). The Labute approximate surface area is 104 Å². The molecule has 1 N–H and O–H groups in total. The Kier molecular flexibility index (Phi) is 3.47. The van der Waals surface area contributed by atoms with E-state index in [1.165, 1.54) is 22.6 Å². The van der Waals surface area contributed by atoms with Crippen LogP contribution in [0.3, 0.4) is 0 Å². The van der Waals surface area contributed by atoms with Gasteiger partial charge in [-0.25, -0.2) is 5.43 Å². The number of benzene rings is 1. The molecule has 0 spiro atoms. The fraction of sp³-hybridized carbons (Fsp3) is 0.167. The quantitative estimate of drug-likeness (QED) is 0.615. The molecule has 0 atom stereocenters. The second-order valence-corrected chi connectivity index (χ2v) is 3.81. The zero-order valence-electron chi connectivity index (χ0n) is 9.91. The Balaban J connectivity index is 2.04. The summed E-state index contributed by atoms with van der Waals surface area (Å²) in [6.45, 7) is 1.54. The molecule has 1 aromatic carbocycles. The predicted molar refractivity (Wildman–Crippen MR) is 63.2 cm³/mol. The summed E-state index contributed by atoms with van der Waals surface area (Å²) in [5.41, 5.74) is 3.16. The first-order chi connectivity index (χ1) is 8.65. The maximum Gasteiger partial charge on any atom is 0.287 e. The Bertz CT molecular complexity index is 562. The summed E-state index contributed by atoms with van der Waals surface area (Å²) in [5.74, 6) is -0.234. The molecule has 18 heavy (non-hydrogen) atoms. The normalized spacial score (nSPS) is 10.1. The first-order valence-electron chi connectivity index (χ1n) is 5.45. The summed E-state index contributed by atoms with van der Waals surface area (Å²) >= 11 is 0. The van der Waals surface area contributed by atoms with Gasteiger partial charge in [0.2, 0.25) is 12.2 Å². The molecule has 0 saturated heterocycles. The van der Waals surface area contributed by atoms with E-state index in [9.17, 15) is 9.59 Å². The van der Waals surface area contributed by atoms with E-state index in [1.54, 1.807) is 18.5 Å². The highest BCUT2D eigenvalue weighted by molar-refractivity contribution is 5.95. The second kappa shape index (κ2) is 5.22. The fourth-order valence-electron chi connectivity index (χ4n) is 1.51. The highest BCUT2D eigenvalue weighted by atomic mass is 16.2. The van der Waals surface area contributed by atoms with Gasteiger partial charge in [0.25, 0.3) is 6.33 Å². The second-order valence-electron chi connectivity index (χ2n) is 3.81. The molecule has 0 saturated carbocycles. The number of nitrogens with one attached hydrogen (secondary N) is 1. The molecule has 0 fully saturated rings. The lowest BCUT2D eigenvalue weighted by molar-refractivity contribution is -0.643. The van der Waals surface area contributed by atoms with E-state index in [1.807, 2.05) is 18.2 Å². The van der Waals surface area contributed by atoms with Crippen LogP contribution in [0.15, 0.2) is 43.0 Å². The lowest BCUT2D eigenvalue weighted by Gasteiger charge is -1.96. The maximum absolute atomic E-state index is 11.9. The van der Waals surface area contributed by atoms with Crippen molar-refractivity contribution in [2.75, 3.05) is 5.43 Å². The number of hydrogen-bond donors (Lipinski definition) is 1. The number of nitrogens with zero attached hydrogens (tertiary/aromatic N) is 3. The van der Waals surface area contributed by atoms with Crippen LogP contribution in [0.2, 0.25) is 0 Å². The van der Waals surface area contributed by atoms with Crippen molar-refractivity contribution in [1.82, 2.24) is 9.78 Å². The average Bonchev–Trinajstić information content (AvgIpc) is 2.76. The Hall–Kier alpha value is -2.50. The third-order valence-electron chi connectivity index (χ3n) is 2.27. The van der Waals surface area contributed by atoms with Gasteiger partial charge in [0, 0.05) is 17.6 Å². The molecule has 1 amide bonds.